The van der Waals surface area contributed by atoms with Crippen molar-refractivity contribution in [1.82, 2.24) is 4.98 Å². The van der Waals surface area contributed by atoms with E-state index in [-0.39, 0.29) is 0 Å². The maximum Gasteiger partial charge on any atom is 0.126 e. The molecule has 1 aromatic carbocycles. The number of anilines is 1. The fourth-order valence-electron chi connectivity index (χ4n) is 2.02. The Morgan fingerprint density at radius 2 is 2.00 bits per heavy atom. The van der Waals surface area contributed by atoms with Crippen molar-refractivity contribution in [1.29, 1.82) is 0 Å². The van der Waals surface area contributed by atoms with E-state index in [1.807, 2.05) is 0 Å². The summed E-state index contributed by atoms with van der Waals surface area (Å²) in [4.78, 5) is 4.64. The smallest absolute Gasteiger partial charge is 0.126 e. The van der Waals surface area contributed by atoms with Gasteiger partial charge in [0.25, 0.3) is 0 Å². The molecular weight excluding hydrogens is 208 g/mol. The van der Waals surface area contributed by atoms with Gasteiger partial charge < -0.3 is 5.32 Å². The monoisotopic (exact) mass is 226 g/mol. The van der Waals surface area contributed by atoms with Gasteiger partial charge in [0, 0.05) is 11.4 Å². The zero-order valence-corrected chi connectivity index (χ0v) is 10.4. The first-order chi connectivity index (χ1) is 8.22. The molecule has 1 aromatic heterocycles. The number of pyridine rings is 1. The zero-order valence-electron chi connectivity index (χ0n) is 10.4. The first kappa shape index (κ1) is 10.6. The van der Waals surface area contributed by atoms with Gasteiger partial charge in [0.1, 0.15) is 5.82 Å². The van der Waals surface area contributed by atoms with E-state index in [1.54, 1.807) is 0 Å². The van der Waals surface area contributed by atoms with Crippen LogP contribution >= 0.6 is 0 Å². The molecule has 3 rings (SSSR count). The number of benzene rings is 1. The van der Waals surface area contributed by atoms with Crippen LogP contribution in [0.2, 0.25) is 0 Å². The van der Waals surface area contributed by atoms with E-state index < -0.39 is 0 Å². The van der Waals surface area contributed by atoms with Crippen LogP contribution in [0.25, 0.3) is 10.9 Å². The van der Waals surface area contributed by atoms with Crippen LogP contribution in [0.15, 0.2) is 30.3 Å². The van der Waals surface area contributed by atoms with Crippen LogP contribution in [0, 0.1) is 0 Å². The Kier molecular flexibility index (Phi) is 2.50. The minimum absolute atomic E-state index is 0.573. The van der Waals surface area contributed by atoms with E-state index in [4.69, 9.17) is 0 Å². The van der Waals surface area contributed by atoms with Gasteiger partial charge in [0.15, 0.2) is 0 Å². The SMILES string of the molecule is CC(C)c1ccc2nc(NC3CC3)ccc2c1. The van der Waals surface area contributed by atoms with Crippen LogP contribution in [0.5, 0.6) is 0 Å². The number of rotatable bonds is 3. The molecule has 17 heavy (non-hydrogen) atoms. The summed E-state index contributed by atoms with van der Waals surface area (Å²) in [6.07, 6.45) is 2.57. The quantitative estimate of drug-likeness (QED) is 0.857. The predicted octanol–water partition coefficient (Wildman–Crippen LogP) is 3.93. The number of fused-ring (bicyclic) bond motifs is 1. The van der Waals surface area contributed by atoms with Crippen molar-refractivity contribution >= 4 is 16.7 Å². The fourth-order valence-corrected chi connectivity index (χ4v) is 2.02. The van der Waals surface area contributed by atoms with E-state index in [9.17, 15) is 0 Å². The van der Waals surface area contributed by atoms with Gasteiger partial charge in [0.05, 0.1) is 5.52 Å². The second-order valence-electron chi connectivity index (χ2n) is 5.22. The van der Waals surface area contributed by atoms with Gasteiger partial charge in [0.2, 0.25) is 0 Å². The minimum Gasteiger partial charge on any atom is -0.367 e. The van der Waals surface area contributed by atoms with E-state index in [0.717, 1.165) is 11.3 Å². The highest BCUT2D eigenvalue weighted by atomic mass is 15.0. The molecule has 1 aliphatic carbocycles. The van der Waals surface area contributed by atoms with Gasteiger partial charge >= 0.3 is 0 Å². The summed E-state index contributed by atoms with van der Waals surface area (Å²) in [5.74, 6) is 1.58. The molecule has 0 saturated heterocycles. The lowest BCUT2D eigenvalue weighted by atomic mass is 10.0. The molecule has 1 heterocycles. The molecule has 0 unspecified atom stereocenters. The summed E-state index contributed by atoms with van der Waals surface area (Å²) in [6.45, 7) is 4.44. The molecule has 1 N–H and O–H groups in total. The Morgan fingerprint density at radius 1 is 1.18 bits per heavy atom. The Balaban J connectivity index is 1.96. The van der Waals surface area contributed by atoms with Crippen molar-refractivity contribution in [2.75, 3.05) is 5.32 Å². The highest BCUT2D eigenvalue weighted by Gasteiger charge is 2.21. The van der Waals surface area contributed by atoms with Crippen molar-refractivity contribution in [3.63, 3.8) is 0 Å². The average Bonchev–Trinajstić information content (AvgIpc) is 3.12. The summed E-state index contributed by atoms with van der Waals surface area (Å²) in [7, 11) is 0. The molecule has 0 aliphatic heterocycles. The first-order valence-electron chi connectivity index (χ1n) is 6.39. The second-order valence-corrected chi connectivity index (χ2v) is 5.22. The first-order valence-corrected chi connectivity index (χ1v) is 6.39. The fraction of sp³-hybridized carbons (Fsp3) is 0.400. The van der Waals surface area contributed by atoms with Crippen molar-refractivity contribution in [2.24, 2.45) is 0 Å². The third-order valence-corrected chi connectivity index (χ3v) is 3.31. The third kappa shape index (κ3) is 2.26. The number of hydrogen-bond donors (Lipinski definition) is 1. The number of aromatic nitrogens is 1. The molecule has 2 heteroatoms. The lowest BCUT2D eigenvalue weighted by Crippen LogP contribution is -2.02. The maximum atomic E-state index is 4.64. The van der Waals surface area contributed by atoms with Crippen LogP contribution in [-0.2, 0) is 0 Å². The van der Waals surface area contributed by atoms with Gasteiger partial charge in [-0.15, -0.1) is 0 Å². The molecule has 1 aliphatic rings. The van der Waals surface area contributed by atoms with E-state index in [0.29, 0.717) is 12.0 Å². The number of nitrogens with zero attached hydrogens (tertiary/aromatic N) is 1. The molecule has 2 nitrogen and oxygen atoms in total. The largest absolute Gasteiger partial charge is 0.367 e. The van der Waals surface area contributed by atoms with Crippen molar-refractivity contribution in [2.45, 2.75) is 38.6 Å². The lowest BCUT2D eigenvalue weighted by Gasteiger charge is -2.08. The van der Waals surface area contributed by atoms with Crippen LogP contribution < -0.4 is 5.32 Å². The van der Waals surface area contributed by atoms with Crippen LogP contribution in [0.1, 0.15) is 38.2 Å². The van der Waals surface area contributed by atoms with Crippen molar-refractivity contribution in [3.8, 4) is 0 Å². The van der Waals surface area contributed by atoms with Crippen LogP contribution in [0.4, 0.5) is 5.82 Å². The van der Waals surface area contributed by atoms with Crippen LogP contribution in [0.3, 0.4) is 0 Å². The topological polar surface area (TPSA) is 24.9 Å². The van der Waals surface area contributed by atoms with E-state index in [1.165, 1.54) is 23.8 Å². The van der Waals surface area contributed by atoms with Gasteiger partial charge in [-0.1, -0.05) is 19.9 Å². The second kappa shape index (κ2) is 4.02. The number of nitrogens with one attached hydrogen (secondary N) is 1. The summed E-state index contributed by atoms with van der Waals surface area (Å²) >= 11 is 0. The minimum atomic E-state index is 0.573. The summed E-state index contributed by atoms with van der Waals surface area (Å²) in [5.41, 5.74) is 2.46. The molecule has 0 spiro atoms. The molecule has 0 radical (unpaired) electrons. The molecular formula is C15H18N2. The molecule has 88 valence electrons. The average molecular weight is 226 g/mol. The predicted molar refractivity (Wildman–Crippen MR) is 72.5 cm³/mol. The lowest BCUT2D eigenvalue weighted by molar-refractivity contribution is 0.868. The summed E-state index contributed by atoms with van der Waals surface area (Å²) < 4.78 is 0. The van der Waals surface area contributed by atoms with Gasteiger partial charge in [-0.2, -0.15) is 0 Å². The Labute approximate surface area is 102 Å². The van der Waals surface area contributed by atoms with E-state index in [2.05, 4.69) is 54.5 Å². The van der Waals surface area contributed by atoms with E-state index >= 15 is 0 Å². The Hall–Kier alpha value is -1.57. The van der Waals surface area contributed by atoms with Crippen LogP contribution in [-0.4, -0.2) is 11.0 Å². The molecule has 0 amide bonds. The Bertz CT molecular complexity index is 542. The molecule has 1 fully saturated rings. The molecule has 0 atom stereocenters. The third-order valence-electron chi connectivity index (χ3n) is 3.31. The van der Waals surface area contributed by atoms with Gasteiger partial charge in [-0.25, -0.2) is 4.98 Å². The number of hydrogen-bond acceptors (Lipinski definition) is 2. The zero-order chi connectivity index (χ0) is 11.8. The summed E-state index contributed by atoms with van der Waals surface area (Å²) in [6, 6.07) is 11.5. The summed E-state index contributed by atoms with van der Waals surface area (Å²) in [5, 5.41) is 4.67. The van der Waals surface area contributed by atoms with Gasteiger partial charge in [-0.3, -0.25) is 0 Å². The molecule has 1 saturated carbocycles. The molecule has 2 aromatic rings. The Morgan fingerprint density at radius 3 is 2.71 bits per heavy atom. The maximum absolute atomic E-state index is 4.64. The standard InChI is InChI=1S/C15H18N2/c1-10(2)11-3-7-14-12(9-11)4-8-15(17-14)16-13-5-6-13/h3-4,7-10,13H,5-6H2,1-2H3,(H,16,17). The van der Waals surface area contributed by atoms with Gasteiger partial charge in [-0.05, 0) is 48.6 Å². The highest BCUT2D eigenvalue weighted by Crippen LogP contribution is 2.26. The normalized spacial score (nSPS) is 15.5. The van der Waals surface area contributed by atoms with Crippen molar-refractivity contribution < 1.29 is 0 Å². The highest BCUT2D eigenvalue weighted by molar-refractivity contribution is 5.81. The molecule has 0 bridgehead atoms. The van der Waals surface area contributed by atoms with Crippen molar-refractivity contribution in [3.05, 3.63) is 35.9 Å².